The maximum atomic E-state index is 12.5. The van der Waals surface area contributed by atoms with Crippen molar-refractivity contribution < 1.29 is 9.90 Å². The molecule has 1 saturated heterocycles. The van der Waals surface area contributed by atoms with Gasteiger partial charge in [-0.1, -0.05) is 11.6 Å². The van der Waals surface area contributed by atoms with Gasteiger partial charge in [-0.25, -0.2) is 4.98 Å². The number of hydrogen-bond donors (Lipinski definition) is 1. The molecule has 1 aromatic heterocycles. The quantitative estimate of drug-likeness (QED) is 0.863. The number of aliphatic hydroxyl groups is 1. The van der Waals surface area contributed by atoms with Crippen molar-refractivity contribution in [2.24, 2.45) is 0 Å². The molecule has 1 atom stereocenters. The van der Waals surface area contributed by atoms with Gasteiger partial charge in [0.2, 0.25) is 0 Å². The van der Waals surface area contributed by atoms with Crippen LogP contribution < -0.4 is 0 Å². The zero-order valence-corrected chi connectivity index (χ0v) is 11.9. The molecular formula is C14H19ClN2O2. The number of aryl methyl sites for hydroxylation is 1. The predicted octanol–water partition coefficient (Wildman–Crippen LogP) is 2.42. The summed E-state index contributed by atoms with van der Waals surface area (Å²) in [4.78, 5) is 18.5. The molecule has 1 aliphatic heterocycles. The Morgan fingerprint density at radius 2 is 2.37 bits per heavy atom. The van der Waals surface area contributed by atoms with Crippen LogP contribution in [0.15, 0.2) is 12.1 Å². The average molecular weight is 283 g/mol. The number of carbonyl (C=O) groups is 1. The molecule has 5 heteroatoms. The smallest absolute Gasteiger partial charge is 0.254 e. The second kappa shape index (κ2) is 6.35. The van der Waals surface area contributed by atoms with Crippen LogP contribution >= 0.6 is 11.6 Å². The van der Waals surface area contributed by atoms with Gasteiger partial charge in [-0.2, -0.15) is 0 Å². The molecule has 4 nitrogen and oxygen atoms in total. The fraction of sp³-hybridized carbons (Fsp3) is 0.571. The van der Waals surface area contributed by atoms with E-state index in [2.05, 4.69) is 4.98 Å². The third-order valence-corrected chi connectivity index (χ3v) is 3.70. The second-order valence-electron chi connectivity index (χ2n) is 4.98. The lowest BCUT2D eigenvalue weighted by Gasteiger charge is -2.24. The molecule has 0 aliphatic carbocycles. The van der Waals surface area contributed by atoms with Gasteiger partial charge in [-0.05, 0) is 44.7 Å². The molecule has 0 radical (unpaired) electrons. The highest BCUT2D eigenvalue weighted by molar-refractivity contribution is 6.29. The molecule has 0 saturated carbocycles. The van der Waals surface area contributed by atoms with Crippen LogP contribution in [-0.2, 0) is 0 Å². The van der Waals surface area contributed by atoms with E-state index in [1.54, 1.807) is 12.1 Å². The summed E-state index contributed by atoms with van der Waals surface area (Å²) < 4.78 is 0. The zero-order chi connectivity index (χ0) is 13.8. The third kappa shape index (κ3) is 3.45. The Kier molecular flexibility index (Phi) is 4.77. The van der Waals surface area contributed by atoms with Gasteiger partial charge < -0.3 is 10.0 Å². The molecule has 1 aliphatic rings. The van der Waals surface area contributed by atoms with E-state index in [-0.39, 0.29) is 18.6 Å². The van der Waals surface area contributed by atoms with Gasteiger partial charge >= 0.3 is 0 Å². The van der Waals surface area contributed by atoms with Crippen LogP contribution in [0.1, 0.15) is 41.7 Å². The number of carbonyl (C=O) groups excluding carboxylic acids is 1. The molecule has 104 valence electrons. The Morgan fingerprint density at radius 1 is 1.58 bits per heavy atom. The van der Waals surface area contributed by atoms with Gasteiger partial charge in [-0.15, -0.1) is 0 Å². The number of amides is 1. The van der Waals surface area contributed by atoms with Crippen LogP contribution in [0.25, 0.3) is 0 Å². The first-order valence-corrected chi connectivity index (χ1v) is 7.05. The summed E-state index contributed by atoms with van der Waals surface area (Å²) in [6, 6.07) is 3.64. The topological polar surface area (TPSA) is 53.4 Å². The predicted molar refractivity (Wildman–Crippen MR) is 74.4 cm³/mol. The summed E-state index contributed by atoms with van der Waals surface area (Å²) in [5, 5.41) is 9.27. The number of likely N-dealkylation sites (tertiary alicyclic amines) is 1. The normalized spacial score (nSPS) is 18.9. The van der Waals surface area contributed by atoms with Gasteiger partial charge in [0.05, 0.1) is 0 Å². The standard InChI is InChI=1S/C14H19ClN2O2/c1-10-8-11(9-13(15)16-10)14(19)17-6-2-4-12(17)5-3-7-18/h8-9,12,18H,2-7H2,1H3. The largest absolute Gasteiger partial charge is 0.396 e. The monoisotopic (exact) mass is 282 g/mol. The van der Waals surface area contributed by atoms with Gasteiger partial charge in [0.15, 0.2) is 0 Å². The zero-order valence-electron chi connectivity index (χ0n) is 11.1. The maximum absolute atomic E-state index is 12.5. The first-order chi connectivity index (χ1) is 9.11. The minimum Gasteiger partial charge on any atom is -0.396 e. The van der Waals surface area contributed by atoms with Crippen molar-refractivity contribution in [2.45, 2.75) is 38.6 Å². The van der Waals surface area contributed by atoms with Crippen LogP contribution in [0.2, 0.25) is 5.15 Å². The number of rotatable bonds is 4. The van der Waals surface area contributed by atoms with Crippen molar-refractivity contribution in [1.29, 1.82) is 0 Å². The van der Waals surface area contributed by atoms with Gasteiger partial charge in [0.1, 0.15) is 5.15 Å². The van der Waals surface area contributed by atoms with Gasteiger partial charge in [0.25, 0.3) is 5.91 Å². The Balaban J connectivity index is 2.13. The highest BCUT2D eigenvalue weighted by Crippen LogP contribution is 2.24. The Morgan fingerprint density at radius 3 is 3.05 bits per heavy atom. The van der Waals surface area contributed by atoms with Crippen molar-refractivity contribution >= 4 is 17.5 Å². The van der Waals surface area contributed by atoms with E-state index in [0.29, 0.717) is 10.7 Å². The SMILES string of the molecule is Cc1cc(C(=O)N2CCCC2CCCO)cc(Cl)n1. The molecule has 19 heavy (non-hydrogen) atoms. The Hall–Kier alpha value is -1.13. The summed E-state index contributed by atoms with van der Waals surface area (Å²) in [6.07, 6.45) is 3.65. The molecule has 2 heterocycles. The van der Waals surface area contributed by atoms with E-state index < -0.39 is 0 Å². The van der Waals surface area contributed by atoms with Crippen molar-refractivity contribution in [2.75, 3.05) is 13.2 Å². The number of pyridine rings is 1. The summed E-state index contributed by atoms with van der Waals surface area (Å²) in [7, 11) is 0. The number of aromatic nitrogens is 1. The van der Waals surface area contributed by atoms with Gasteiger partial charge in [-0.3, -0.25) is 4.79 Å². The molecule has 1 unspecified atom stereocenters. The van der Waals surface area contributed by atoms with E-state index >= 15 is 0 Å². The van der Waals surface area contributed by atoms with E-state index in [0.717, 1.165) is 37.9 Å². The molecule has 1 N–H and O–H groups in total. The van der Waals surface area contributed by atoms with E-state index in [4.69, 9.17) is 16.7 Å². The van der Waals surface area contributed by atoms with Crippen LogP contribution in [0.4, 0.5) is 0 Å². The maximum Gasteiger partial charge on any atom is 0.254 e. The number of halogens is 1. The molecule has 1 fully saturated rings. The van der Waals surface area contributed by atoms with Crippen LogP contribution in [0.5, 0.6) is 0 Å². The summed E-state index contributed by atoms with van der Waals surface area (Å²) in [5.74, 6) is 0.0211. The molecule has 1 amide bonds. The fourth-order valence-electron chi connectivity index (χ4n) is 2.65. The van der Waals surface area contributed by atoms with E-state index in [1.165, 1.54) is 0 Å². The summed E-state index contributed by atoms with van der Waals surface area (Å²) >= 11 is 5.91. The molecule has 2 rings (SSSR count). The third-order valence-electron chi connectivity index (χ3n) is 3.50. The molecule has 0 bridgehead atoms. The number of aliphatic hydroxyl groups excluding tert-OH is 1. The first kappa shape index (κ1) is 14.3. The Labute approximate surface area is 118 Å². The molecule has 0 aromatic carbocycles. The van der Waals surface area contributed by atoms with E-state index in [1.807, 2.05) is 11.8 Å². The minimum atomic E-state index is 0.0211. The van der Waals surface area contributed by atoms with E-state index in [9.17, 15) is 4.79 Å². The van der Waals surface area contributed by atoms with Crippen molar-refractivity contribution in [3.8, 4) is 0 Å². The lowest BCUT2D eigenvalue weighted by molar-refractivity contribution is 0.0724. The first-order valence-electron chi connectivity index (χ1n) is 6.68. The summed E-state index contributed by atoms with van der Waals surface area (Å²) in [6.45, 7) is 2.79. The van der Waals surface area contributed by atoms with Crippen molar-refractivity contribution in [1.82, 2.24) is 9.88 Å². The van der Waals surface area contributed by atoms with Gasteiger partial charge in [0, 0.05) is 30.5 Å². The Bertz CT molecular complexity index is 445. The van der Waals surface area contributed by atoms with Crippen molar-refractivity contribution in [3.63, 3.8) is 0 Å². The van der Waals surface area contributed by atoms with Crippen LogP contribution in [-0.4, -0.2) is 40.1 Å². The molecular weight excluding hydrogens is 264 g/mol. The van der Waals surface area contributed by atoms with Crippen LogP contribution in [0.3, 0.4) is 0 Å². The number of hydrogen-bond acceptors (Lipinski definition) is 3. The average Bonchev–Trinajstić information content (AvgIpc) is 2.82. The highest BCUT2D eigenvalue weighted by Gasteiger charge is 2.29. The number of nitrogens with zero attached hydrogens (tertiary/aromatic N) is 2. The molecule has 1 aromatic rings. The summed E-state index contributed by atoms with van der Waals surface area (Å²) in [5.41, 5.74) is 1.36. The lowest BCUT2D eigenvalue weighted by Crippen LogP contribution is -2.35. The minimum absolute atomic E-state index is 0.0211. The highest BCUT2D eigenvalue weighted by atomic mass is 35.5. The van der Waals surface area contributed by atoms with Crippen LogP contribution in [0, 0.1) is 6.92 Å². The van der Waals surface area contributed by atoms with Crippen molar-refractivity contribution in [3.05, 3.63) is 28.5 Å². The molecule has 0 spiro atoms. The fourth-order valence-corrected chi connectivity index (χ4v) is 2.90. The second-order valence-corrected chi connectivity index (χ2v) is 5.37. The lowest BCUT2D eigenvalue weighted by atomic mass is 10.1.